The molecule has 23 heavy (non-hydrogen) atoms. The minimum atomic E-state index is -4.40. The number of aromatic nitrogens is 1. The summed E-state index contributed by atoms with van der Waals surface area (Å²) in [7, 11) is 0. The van der Waals surface area contributed by atoms with Crippen LogP contribution in [0.5, 0.6) is 0 Å². The molecule has 1 unspecified atom stereocenters. The fraction of sp³-hybridized carbons (Fsp3) is 0.333. The Morgan fingerprint density at radius 2 is 2.22 bits per heavy atom. The van der Waals surface area contributed by atoms with E-state index in [2.05, 4.69) is 15.6 Å². The highest BCUT2D eigenvalue weighted by molar-refractivity contribution is 7.13. The van der Waals surface area contributed by atoms with Gasteiger partial charge in [-0.2, -0.15) is 13.2 Å². The minimum Gasteiger partial charge on any atom is -0.347 e. The molecule has 1 atom stereocenters. The summed E-state index contributed by atoms with van der Waals surface area (Å²) in [5.74, 6) is -0.298. The Hall–Kier alpha value is -1.93. The molecular formula is C15H14F3N3OS. The molecule has 3 rings (SSSR count). The first-order chi connectivity index (χ1) is 10.9. The maximum atomic E-state index is 12.8. The van der Waals surface area contributed by atoms with E-state index >= 15 is 0 Å². The quantitative estimate of drug-likeness (QED) is 0.903. The molecule has 0 saturated carbocycles. The summed E-state index contributed by atoms with van der Waals surface area (Å²) in [5.41, 5.74) is -0.144. The average Bonchev–Trinajstić information content (AvgIpc) is 3.17. The van der Waals surface area contributed by atoms with Crippen LogP contribution in [0.4, 0.5) is 13.2 Å². The molecule has 122 valence electrons. The molecule has 1 amide bonds. The second-order valence-corrected chi connectivity index (χ2v) is 6.14. The van der Waals surface area contributed by atoms with E-state index in [9.17, 15) is 18.0 Å². The number of halogens is 3. The largest absolute Gasteiger partial charge is 0.416 e. The molecule has 1 aromatic carbocycles. The Morgan fingerprint density at radius 3 is 2.91 bits per heavy atom. The number of carbonyl (C=O) groups excluding carboxylic acids is 1. The van der Waals surface area contributed by atoms with Crippen molar-refractivity contribution in [2.75, 3.05) is 13.1 Å². The number of nitrogens with one attached hydrogen (secondary N) is 2. The summed E-state index contributed by atoms with van der Waals surface area (Å²) >= 11 is 1.15. The number of thiazole rings is 1. The first-order valence-electron chi connectivity index (χ1n) is 7.08. The Labute approximate surface area is 134 Å². The maximum absolute atomic E-state index is 12.8. The molecule has 2 heterocycles. The molecule has 0 spiro atoms. The summed E-state index contributed by atoms with van der Waals surface area (Å²) in [6, 6.07) is 5.01. The molecule has 1 aromatic heterocycles. The van der Waals surface area contributed by atoms with Crippen LogP contribution in [0.1, 0.15) is 22.5 Å². The number of hydrogen-bond acceptors (Lipinski definition) is 4. The number of amides is 1. The molecule has 2 aromatic rings. The molecule has 0 bridgehead atoms. The zero-order valence-electron chi connectivity index (χ0n) is 12.0. The molecule has 1 aliphatic rings. The minimum absolute atomic E-state index is 0.0706. The molecule has 0 radical (unpaired) electrons. The maximum Gasteiger partial charge on any atom is 0.416 e. The monoisotopic (exact) mass is 341 g/mol. The van der Waals surface area contributed by atoms with Crippen molar-refractivity contribution in [2.45, 2.75) is 18.6 Å². The van der Waals surface area contributed by atoms with Crippen LogP contribution in [0.2, 0.25) is 0 Å². The van der Waals surface area contributed by atoms with E-state index in [1.165, 1.54) is 6.07 Å². The molecule has 8 heteroatoms. The first-order valence-corrected chi connectivity index (χ1v) is 7.96. The van der Waals surface area contributed by atoms with Crippen LogP contribution in [0, 0.1) is 0 Å². The van der Waals surface area contributed by atoms with Crippen molar-refractivity contribution >= 4 is 17.2 Å². The summed E-state index contributed by atoms with van der Waals surface area (Å²) in [6.45, 7) is 1.58. The van der Waals surface area contributed by atoms with Crippen LogP contribution in [-0.4, -0.2) is 30.0 Å². The normalized spacial score (nSPS) is 18.1. The van der Waals surface area contributed by atoms with E-state index < -0.39 is 11.7 Å². The van der Waals surface area contributed by atoms with Crippen molar-refractivity contribution in [1.82, 2.24) is 15.6 Å². The van der Waals surface area contributed by atoms with E-state index in [-0.39, 0.29) is 17.6 Å². The fourth-order valence-corrected chi connectivity index (χ4v) is 3.17. The second-order valence-electron chi connectivity index (χ2n) is 5.28. The molecule has 1 fully saturated rings. The topological polar surface area (TPSA) is 54.0 Å². The van der Waals surface area contributed by atoms with Gasteiger partial charge in [0.25, 0.3) is 5.91 Å². The Bertz CT molecular complexity index is 708. The van der Waals surface area contributed by atoms with Crippen LogP contribution in [-0.2, 0) is 6.18 Å². The van der Waals surface area contributed by atoms with Crippen LogP contribution in [0.25, 0.3) is 10.6 Å². The summed E-state index contributed by atoms with van der Waals surface area (Å²) < 4.78 is 38.3. The number of carbonyl (C=O) groups is 1. The number of benzene rings is 1. The van der Waals surface area contributed by atoms with Crippen molar-refractivity contribution in [2.24, 2.45) is 0 Å². The predicted molar refractivity (Wildman–Crippen MR) is 81.3 cm³/mol. The van der Waals surface area contributed by atoms with Crippen LogP contribution < -0.4 is 10.6 Å². The Kier molecular flexibility index (Phi) is 4.36. The third-order valence-corrected chi connectivity index (χ3v) is 4.46. The van der Waals surface area contributed by atoms with Gasteiger partial charge in [0.15, 0.2) is 0 Å². The highest BCUT2D eigenvalue weighted by Crippen LogP contribution is 2.33. The van der Waals surface area contributed by atoms with E-state index in [1.807, 2.05) is 0 Å². The SMILES string of the molecule is O=C(NC1CCNC1)c1csc(-c2cccc(C(F)(F)F)c2)n1. The van der Waals surface area contributed by atoms with Gasteiger partial charge in [-0.15, -0.1) is 11.3 Å². The van der Waals surface area contributed by atoms with Gasteiger partial charge < -0.3 is 10.6 Å². The third-order valence-electron chi connectivity index (χ3n) is 3.57. The Balaban J connectivity index is 1.77. The summed E-state index contributed by atoms with van der Waals surface area (Å²) in [6.07, 6.45) is -3.54. The van der Waals surface area contributed by atoms with Gasteiger partial charge in [-0.25, -0.2) is 4.98 Å². The molecule has 2 N–H and O–H groups in total. The van der Waals surface area contributed by atoms with E-state index in [0.29, 0.717) is 10.6 Å². The lowest BCUT2D eigenvalue weighted by Crippen LogP contribution is -2.36. The van der Waals surface area contributed by atoms with Crippen molar-refractivity contribution in [1.29, 1.82) is 0 Å². The van der Waals surface area contributed by atoms with Crippen LogP contribution >= 0.6 is 11.3 Å². The second kappa shape index (κ2) is 6.29. The number of hydrogen-bond donors (Lipinski definition) is 2. The van der Waals surface area contributed by atoms with Crippen molar-refractivity contribution in [3.63, 3.8) is 0 Å². The lowest BCUT2D eigenvalue weighted by molar-refractivity contribution is -0.137. The van der Waals surface area contributed by atoms with Crippen LogP contribution in [0.15, 0.2) is 29.6 Å². The summed E-state index contributed by atoms with van der Waals surface area (Å²) in [4.78, 5) is 16.3. The van der Waals surface area contributed by atoms with Gasteiger partial charge >= 0.3 is 6.18 Å². The van der Waals surface area contributed by atoms with Gasteiger partial charge in [0.1, 0.15) is 10.7 Å². The molecule has 0 aliphatic carbocycles. The van der Waals surface area contributed by atoms with Crippen LogP contribution in [0.3, 0.4) is 0 Å². The van der Waals surface area contributed by atoms with Crippen molar-refractivity contribution in [3.05, 3.63) is 40.9 Å². The van der Waals surface area contributed by atoms with E-state index in [4.69, 9.17) is 0 Å². The molecule has 1 aliphatic heterocycles. The predicted octanol–water partition coefficient (Wildman–Crippen LogP) is 2.92. The molecule has 1 saturated heterocycles. The van der Waals surface area contributed by atoms with Gasteiger partial charge in [-0.3, -0.25) is 4.79 Å². The van der Waals surface area contributed by atoms with Crippen molar-refractivity contribution in [3.8, 4) is 10.6 Å². The fourth-order valence-electron chi connectivity index (χ4n) is 2.38. The molecule has 4 nitrogen and oxygen atoms in total. The lowest BCUT2D eigenvalue weighted by Gasteiger charge is -2.09. The van der Waals surface area contributed by atoms with Gasteiger partial charge in [-0.1, -0.05) is 12.1 Å². The van der Waals surface area contributed by atoms with Crippen molar-refractivity contribution < 1.29 is 18.0 Å². The van der Waals surface area contributed by atoms with Gasteiger partial charge in [0.2, 0.25) is 0 Å². The summed E-state index contributed by atoms with van der Waals surface area (Å²) in [5, 5.41) is 7.96. The number of rotatable bonds is 3. The van der Waals surface area contributed by atoms with E-state index in [1.54, 1.807) is 11.4 Å². The highest BCUT2D eigenvalue weighted by atomic mass is 32.1. The zero-order chi connectivity index (χ0) is 16.4. The third kappa shape index (κ3) is 3.70. The van der Waals surface area contributed by atoms with Gasteiger partial charge in [0.05, 0.1) is 5.56 Å². The average molecular weight is 341 g/mol. The number of alkyl halides is 3. The van der Waals surface area contributed by atoms with Gasteiger partial charge in [-0.05, 0) is 25.1 Å². The Morgan fingerprint density at radius 1 is 1.39 bits per heavy atom. The zero-order valence-corrected chi connectivity index (χ0v) is 12.8. The number of nitrogens with zero attached hydrogens (tertiary/aromatic N) is 1. The van der Waals surface area contributed by atoms with Gasteiger partial charge in [0, 0.05) is 23.5 Å². The standard InChI is InChI=1S/C15H14F3N3OS/c16-15(17,18)10-3-1-2-9(6-10)14-21-12(8-23-14)13(22)20-11-4-5-19-7-11/h1-3,6,8,11,19H,4-5,7H2,(H,20,22). The lowest BCUT2D eigenvalue weighted by atomic mass is 10.1. The highest BCUT2D eigenvalue weighted by Gasteiger charge is 2.30. The molecular weight excluding hydrogens is 327 g/mol. The van der Waals surface area contributed by atoms with E-state index in [0.717, 1.165) is 43.0 Å². The smallest absolute Gasteiger partial charge is 0.347 e. The first kappa shape index (κ1) is 15.9.